The summed E-state index contributed by atoms with van der Waals surface area (Å²) >= 11 is 6.11. The van der Waals surface area contributed by atoms with Gasteiger partial charge in [0, 0.05) is 17.7 Å². The van der Waals surface area contributed by atoms with Crippen LogP contribution in [0.2, 0.25) is 5.02 Å². The van der Waals surface area contributed by atoms with Gasteiger partial charge in [-0.25, -0.2) is 0 Å². The summed E-state index contributed by atoms with van der Waals surface area (Å²) in [6, 6.07) is 8.52. The van der Waals surface area contributed by atoms with E-state index < -0.39 is 0 Å². The minimum absolute atomic E-state index is 0.344. The third-order valence-corrected chi connectivity index (χ3v) is 4.64. The van der Waals surface area contributed by atoms with Gasteiger partial charge < -0.3 is 15.3 Å². The number of aliphatic hydroxyl groups is 1. The van der Waals surface area contributed by atoms with Gasteiger partial charge in [0.2, 0.25) is 0 Å². The van der Waals surface area contributed by atoms with Gasteiger partial charge in [0.05, 0.1) is 0 Å². The van der Waals surface area contributed by atoms with Crippen LogP contribution in [0.3, 0.4) is 0 Å². The van der Waals surface area contributed by atoms with Gasteiger partial charge >= 0.3 is 0 Å². The molecule has 3 nitrogen and oxygen atoms in total. The molecule has 0 spiro atoms. The molecule has 0 radical (unpaired) electrons. The smallest absolute Gasteiger partial charge is 0.0460 e. The van der Waals surface area contributed by atoms with E-state index >= 15 is 0 Å². The van der Waals surface area contributed by atoms with E-state index in [0.29, 0.717) is 18.6 Å². The molecule has 2 N–H and O–H groups in total. The van der Waals surface area contributed by atoms with Gasteiger partial charge in [-0.1, -0.05) is 30.7 Å². The first-order valence-corrected chi connectivity index (χ1v) is 8.42. The second-order valence-corrected chi connectivity index (χ2v) is 6.36. The van der Waals surface area contributed by atoms with Crippen LogP contribution in [0.4, 0.5) is 0 Å². The van der Waals surface area contributed by atoms with Crippen molar-refractivity contribution in [3.63, 3.8) is 0 Å². The van der Waals surface area contributed by atoms with Crippen molar-refractivity contribution in [3.8, 4) is 0 Å². The Morgan fingerprint density at radius 3 is 2.76 bits per heavy atom. The second-order valence-electron chi connectivity index (χ2n) is 5.92. The Kier molecular flexibility index (Phi) is 6.97. The minimum Gasteiger partial charge on any atom is -0.396 e. The third kappa shape index (κ3) is 5.26. The summed E-state index contributed by atoms with van der Waals surface area (Å²) in [7, 11) is 0. The lowest BCUT2D eigenvalue weighted by atomic mass is 9.97. The van der Waals surface area contributed by atoms with Gasteiger partial charge in [-0.05, 0) is 69.1 Å². The number of likely N-dealkylation sites (tertiary alicyclic amines) is 1. The first kappa shape index (κ1) is 16.8. The lowest BCUT2D eigenvalue weighted by Crippen LogP contribution is -2.37. The summed E-state index contributed by atoms with van der Waals surface area (Å²) < 4.78 is 0. The Balaban J connectivity index is 1.86. The maximum absolute atomic E-state index is 9.20. The normalized spacial score (nSPS) is 18.8. The maximum atomic E-state index is 9.20. The number of piperidine rings is 1. The van der Waals surface area contributed by atoms with Gasteiger partial charge in [-0.15, -0.1) is 0 Å². The van der Waals surface area contributed by atoms with Crippen molar-refractivity contribution < 1.29 is 5.11 Å². The highest BCUT2D eigenvalue weighted by molar-refractivity contribution is 6.30. The van der Waals surface area contributed by atoms with Crippen LogP contribution in [0.1, 0.15) is 37.8 Å². The Morgan fingerprint density at radius 1 is 1.38 bits per heavy atom. The molecule has 4 heteroatoms. The van der Waals surface area contributed by atoms with Gasteiger partial charge in [-0.2, -0.15) is 0 Å². The van der Waals surface area contributed by atoms with E-state index in [2.05, 4.69) is 29.3 Å². The molecule has 118 valence electrons. The van der Waals surface area contributed by atoms with Crippen molar-refractivity contribution >= 4 is 11.6 Å². The second kappa shape index (κ2) is 8.74. The summed E-state index contributed by atoms with van der Waals surface area (Å²) in [6.45, 7) is 6.77. The standard InChI is InChI=1S/C17H27ClN2O/c1-2-19-17(15-4-3-5-16(18)12-15)8-11-20-9-6-14(13-21)7-10-20/h3-5,12,14,17,19,21H,2,6-11,13H2,1H3. The molecule has 0 aromatic heterocycles. The predicted octanol–water partition coefficient (Wildman–Crippen LogP) is 3.09. The van der Waals surface area contributed by atoms with Gasteiger partial charge in [0.25, 0.3) is 0 Å². The van der Waals surface area contributed by atoms with Crippen LogP contribution in [-0.4, -0.2) is 42.8 Å². The fourth-order valence-corrected chi connectivity index (χ4v) is 3.26. The zero-order valence-corrected chi connectivity index (χ0v) is 13.6. The third-order valence-electron chi connectivity index (χ3n) is 4.40. The zero-order valence-electron chi connectivity index (χ0n) is 12.9. The summed E-state index contributed by atoms with van der Waals surface area (Å²) in [6.07, 6.45) is 3.34. The van der Waals surface area contributed by atoms with E-state index in [-0.39, 0.29) is 0 Å². The van der Waals surface area contributed by atoms with E-state index in [1.54, 1.807) is 0 Å². The molecule has 0 aliphatic carbocycles. The number of nitrogens with one attached hydrogen (secondary N) is 1. The molecule has 1 atom stereocenters. The largest absolute Gasteiger partial charge is 0.396 e. The van der Waals surface area contributed by atoms with Crippen LogP contribution in [0.5, 0.6) is 0 Å². The molecule has 1 aromatic rings. The van der Waals surface area contributed by atoms with Gasteiger partial charge in [0.15, 0.2) is 0 Å². The molecule has 1 saturated heterocycles. The molecular weight excluding hydrogens is 284 g/mol. The summed E-state index contributed by atoms with van der Waals surface area (Å²) in [5, 5.41) is 13.6. The lowest BCUT2D eigenvalue weighted by molar-refractivity contribution is 0.128. The maximum Gasteiger partial charge on any atom is 0.0460 e. The van der Waals surface area contributed by atoms with Crippen LogP contribution in [0.25, 0.3) is 0 Å². The highest BCUT2D eigenvalue weighted by atomic mass is 35.5. The quantitative estimate of drug-likeness (QED) is 0.812. The molecule has 1 aromatic carbocycles. The predicted molar refractivity (Wildman–Crippen MR) is 88.7 cm³/mol. The number of benzene rings is 1. The molecule has 0 bridgehead atoms. The summed E-state index contributed by atoms with van der Waals surface area (Å²) in [5.74, 6) is 0.513. The van der Waals surface area contributed by atoms with Crippen LogP contribution < -0.4 is 5.32 Å². The van der Waals surface area contributed by atoms with E-state index in [1.165, 1.54) is 5.56 Å². The highest BCUT2D eigenvalue weighted by Crippen LogP contribution is 2.22. The molecule has 0 saturated carbocycles. The Hall–Kier alpha value is -0.610. The van der Waals surface area contributed by atoms with Crippen molar-refractivity contribution in [2.75, 3.05) is 32.8 Å². The Labute approximate surface area is 133 Å². The van der Waals surface area contributed by atoms with E-state index in [4.69, 9.17) is 11.6 Å². The van der Waals surface area contributed by atoms with Crippen LogP contribution in [0, 0.1) is 5.92 Å². The topological polar surface area (TPSA) is 35.5 Å². The monoisotopic (exact) mass is 310 g/mol. The molecule has 1 heterocycles. The van der Waals surface area contributed by atoms with Gasteiger partial charge in [0.1, 0.15) is 0 Å². The van der Waals surface area contributed by atoms with Gasteiger partial charge in [-0.3, -0.25) is 0 Å². The highest BCUT2D eigenvalue weighted by Gasteiger charge is 2.19. The molecule has 1 aliphatic heterocycles. The SMILES string of the molecule is CCNC(CCN1CCC(CO)CC1)c1cccc(Cl)c1. The van der Waals surface area contributed by atoms with Crippen LogP contribution >= 0.6 is 11.6 Å². The Bertz CT molecular complexity index is 419. The first-order valence-electron chi connectivity index (χ1n) is 8.05. The first-order chi connectivity index (χ1) is 10.2. The number of rotatable bonds is 7. The molecule has 1 fully saturated rings. The van der Waals surface area contributed by atoms with Crippen molar-refractivity contribution in [2.24, 2.45) is 5.92 Å². The molecule has 0 amide bonds. The summed E-state index contributed by atoms with van der Waals surface area (Å²) in [5.41, 5.74) is 1.27. The fourth-order valence-electron chi connectivity index (χ4n) is 3.06. The molecular formula is C17H27ClN2O. The molecule has 1 aliphatic rings. The average molecular weight is 311 g/mol. The summed E-state index contributed by atoms with van der Waals surface area (Å²) in [4.78, 5) is 2.51. The van der Waals surface area contributed by atoms with Crippen LogP contribution in [-0.2, 0) is 0 Å². The van der Waals surface area contributed by atoms with Crippen molar-refractivity contribution in [2.45, 2.75) is 32.2 Å². The molecule has 1 unspecified atom stereocenters. The number of hydrogen-bond acceptors (Lipinski definition) is 3. The molecule has 21 heavy (non-hydrogen) atoms. The number of nitrogens with zero attached hydrogens (tertiary/aromatic N) is 1. The molecule has 2 rings (SSSR count). The van der Waals surface area contributed by atoms with Crippen LogP contribution in [0.15, 0.2) is 24.3 Å². The average Bonchev–Trinajstić information content (AvgIpc) is 2.52. The van der Waals surface area contributed by atoms with Crippen molar-refractivity contribution in [1.82, 2.24) is 10.2 Å². The number of halogens is 1. The fraction of sp³-hybridized carbons (Fsp3) is 0.647. The minimum atomic E-state index is 0.344. The van der Waals surface area contributed by atoms with E-state index in [1.807, 2.05) is 12.1 Å². The van der Waals surface area contributed by atoms with Crippen molar-refractivity contribution in [3.05, 3.63) is 34.9 Å². The zero-order chi connectivity index (χ0) is 15.1. The van der Waals surface area contributed by atoms with Crippen molar-refractivity contribution in [1.29, 1.82) is 0 Å². The Morgan fingerprint density at radius 2 is 2.14 bits per heavy atom. The lowest BCUT2D eigenvalue weighted by Gasteiger charge is -2.32. The van der Waals surface area contributed by atoms with E-state index in [0.717, 1.165) is 50.5 Å². The number of hydrogen-bond donors (Lipinski definition) is 2. The number of aliphatic hydroxyl groups excluding tert-OH is 1. The van der Waals surface area contributed by atoms with E-state index in [9.17, 15) is 5.11 Å².